The SMILES string of the molecule is C1CC2C3CCC(C3)C2C1. The Hall–Kier alpha value is 0. The van der Waals surface area contributed by atoms with E-state index in [9.17, 15) is 0 Å². The fraction of sp³-hybridized carbons (Fsp3) is 1.00. The average molecular weight is 136 g/mol. The van der Waals surface area contributed by atoms with E-state index in [1.54, 1.807) is 38.5 Å². The number of rotatable bonds is 0. The van der Waals surface area contributed by atoms with Crippen LogP contribution in [0.25, 0.3) is 0 Å². The average Bonchev–Trinajstić information content (AvgIpc) is 2.60. The lowest BCUT2D eigenvalue weighted by Crippen LogP contribution is -2.15. The van der Waals surface area contributed by atoms with Crippen LogP contribution in [0.1, 0.15) is 38.5 Å². The van der Waals surface area contributed by atoms with Crippen LogP contribution in [-0.2, 0) is 0 Å². The molecule has 3 aliphatic carbocycles. The first-order valence-corrected chi connectivity index (χ1v) is 4.95. The lowest BCUT2D eigenvalue weighted by atomic mass is 9.82. The number of fused-ring (bicyclic) bond motifs is 5. The molecular weight excluding hydrogens is 120 g/mol. The lowest BCUT2D eigenvalue weighted by molar-refractivity contribution is 0.259. The van der Waals surface area contributed by atoms with Crippen molar-refractivity contribution >= 4 is 0 Å². The molecule has 0 heteroatoms. The van der Waals surface area contributed by atoms with Gasteiger partial charge >= 0.3 is 0 Å². The molecule has 0 amide bonds. The van der Waals surface area contributed by atoms with Gasteiger partial charge in [0.05, 0.1) is 0 Å². The van der Waals surface area contributed by atoms with E-state index in [-0.39, 0.29) is 0 Å². The topological polar surface area (TPSA) is 0 Å². The molecule has 3 aliphatic rings. The first-order valence-electron chi connectivity index (χ1n) is 4.95. The summed E-state index contributed by atoms with van der Waals surface area (Å²) in [4.78, 5) is 0. The number of hydrogen-bond acceptors (Lipinski definition) is 0. The van der Waals surface area contributed by atoms with Crippen molar-refractivity contribution < 1.29 is 0 Å². The van der Waals surface area contributed by atoms with Crippen LogP contribution in [0.4, 0.5) is 0 Å². The highest BCUT2D eigenvalue weighted by Gasteiger charge is 2.48. The molecule has 4 atom stereocenters. The first kappa shape index (κ1) is 5.62. The molecule has 56 valence electrons. The molecule has 3 rings (SSSR count). The molecule has 0 aromatic heterocycles. The van der Waals surface area contributed by atoms with Gasteiger partial charge in [-0.25, -0.2) is 0 Å². The predicted octanol–water partition coefficient (Wildman–Crippen LogP) is 2.83. The fourth-order valence-corrected chi connectivity index (χ4v) is 4.02. The third-order valence-electron chi connectivity index (χ3n) is 4.35. The van der Waals surface area contributed by atoms with Crippen molar-refractivity contribution in [1.82, 2.24) is 0 Å². The van der Waals surface area contributed by atoms with Gasteiger partial charge in [-0.3, -0.25) is 0 Å². The zero-order valence-electron chi connectivity index (χ0n) is 6.55. The van der Waals surface area contributed by atoms with Crippen molar-refractivity contribution in [1.29, 1.82) is 0 Å². The Kier molecular flexibility index (Phi) is 1.00. The maximum Gasteiger partial charge on any atom is -0.0355 e. The normalized spacial score (nSPS) is 57.6. The Balaban J connectivity index is 1.92. The summed E-state index contributed by atoms with van der Waals surface area (Å²) < 4.78 is 0. The molecule has 0 aromatic rings. The third kappa shape index (κ3) is 0.538. The summed E-state index contributed by atoms with van der Waals surface area (Å²) in [6.07, 6.45) is 9.53. The second-order valence-corrected chi connectivity index (χ2v) is 4.59. The Bertz CT molecular complexity index is 134. The molecule has 0 saturated heterocycles. The van der Waals surface area contributed by atoms with Gasteiger partial charge in [0.15, 0.2) is 0 Å². The molecule has 2 bridgehead atoms. The maximum atomic E-state index is 1.62. The largest absolute Gasteiger partial charge is 0.0527 e. The van der Waals surface area contributed by atoms with Crippen LogP contribution < -0.4 is 0 Å². The molecule has 0 spiro atoms. The molecule has 10 heavy (non-hydrogen) atoms. The van der Waals surface area contributed by atoms with E-state index in [0.717, 1.165) is 0 Å². The van der Waals surface area contributed by atoms with Crippen molar-refractivity contribution in [3.8, 4) is 0 Å². The molecule has 0 N–H and O–H groups in total. The van der Waals surface area contributed by atoms with Crippen LogP contribution in [0.2, 0.25) is 0 Å². The minimum Gasteiger partial charge on any atom is -0.0527 e. The van der Waals surface area contributed by atoms with Crippen molar-refractivity contribution in [2.24, 2.45) is 23.7 Å². The Labute approximate surface area is 63.0 Å². The van der Waals surface area contributed by atoms with Crippen molar-refractivity contribution in [2.75, 3.05) is 0 Å². The fourth-order valence-electron chi connectivity index (χ4n) is 4.02. The lowest BCUT2D eigenvalue weighted by Gasteiger charge is -2.23. The standard InChI is InChI=1S/C10H16/c1-2-9-7-4-5-8(6-7)10(9)3-1/h7-10H,1-6H2. The van der Waals surface area contributed by atoms with Crippen molar-refractivity contribution in [3.63, 3.8) is 0 Å². The summed E-state index contributed by atoms with van der Waals surface area (Å²) in [6, 6.07) is 0. The first-order chi connectivity index (χ1) is 4.95. The van der Waals surface area contributed by atoms with E-state index in [2.05, 4.69) is 0 Å². The third-order valence-corrected chi connectivity index (χ3v) is 4.35. The van der Waals surface area contributed by atoms with E-state index in [1.165, 1.54) is 23.7 Å². The second-order valence-electron chi connectivity index (χ2n) is 4.59. The Morgan fingerprint density at radius 1 is 0.700 bits per heavy atom. The summed E-state index contributed by atoms with van der Waals surface area (Å²) in [5, 5.41) is 0. The van der Waals surface area contributed by atoms with Gasteiger partial charge in [-0.2, -0.15) is 0 Å². The summed E-state index contributed by atoms with van der Waals surface area (Å²) in [6.45, 7) is 0. The monoisotopic (exact) mass is 136 g/mol. The highest BCUT2D eigenvalue weighted by atomic mass is 14.5. The Morgan fingerprint density at radius 3 is 1.90 bits per heavy atom. The summed E-state index contributed by atoms with van der Waals surface area (Å²) in [7, 11) is 0. The van der Waals surface area contributed by atoms with E-state index in [1.807, 2.05) is 0 Å². The molecule has 0 radical (unpaired) electrons. The van der Waals surface area contributed by atoms with Gasteiger partial charge in [0.25, 0.3) is 0 Å². The zero-order chi connectivity index (χ0) is 6.55. The van der Waals surface area contributed by atoms with Gasteiger partial charge in [0.1, 0.15) is 0 Å². The second kappa shape index (κ2) is 1.78. The molecule has 3 saturated carbocycles. The van der Waals surface area contributed by atoms with E-state index < -0.39 is 0 Å². The van der Waals surface area contributed by atoms with Crippen molar-refractivity contribution in [2.45, 2.75) is 38.5 Å². The smallest absolute Gasteiger partial charge is 0.0355 e. The molecule has 4 unspecified atom stereocenters. The van der Waals surface area contributed by atoms with Gasteiger partial charge in [0.2, 0.25) is 0 Å². The molecule has 0 aromatic carbocycles. The van der Waals surface area contributed by atoms with Crippen LogP contribution in [0.15, 0.2) is 0 Å². The van der Waals surface area contributed by atoms with Gasteiger partial charge in [-0.15, -0.1) is 0 Å². The molecular formula is C10H16. The van der Waals surface area contributed by atoms with Gasteiger partial charge < -0.3 is 0 Å². The minimum absolute atomic E-state index is 1.19. The molecule has 3 fully saturated rings. The molecule has 0 aliphatic heterocycles. The highest BCUT2D eigenvalue weighted by molar-refractivity contribution is 4.98. The summed E-state index contributed by atoms with van der Waals surface area (Å²) >= 11 is 0. The van der Waals surface area contributed by atoms with Crippen LogP contribution in [-0.4, -0.2) is 0 Å². The molecule has 0 heterocycles. The van der Waals surface area contributed by atoms with Gasteiger partial charge in [-0.1, -0.05) is 6.42 Å². The predicted molar refractivity (Wildman–Crippen MR) is 41.7 cm³/mol. The zero-order valence-corrected chi connectivity index (χ0v) is 6.55. The minimum atomic E-state index is 1.19. The van der Waals surface area contributed by atoms with Crippen LogP contribution >= 0.6 is 0 Å². The van der Waals surface area contributed by atoms with Gasteiger partial charge in [0, 0.05) is 0 Å². The van der Waals surface area contributed by atoms with Gasteiger partial charge in [-0.05, 0) is 55.8 Å². The molecule has 0 nitrogen and oxygen atoms in total. The van der Waals surface area contributed by atoms with E-state index >= 15 is 0 Å². The van der Waals surface area contributed by atoms with E-state index in [0.29, 0.717) is 0 Å². The highest BCUT2D eigenvalue weighted by Crippen LogP contribution is 2.58. The van der Waals surface area contributed by atoms with Crippen molar-refractivity contribution in [3.05, 3.63) is 0 Å². The van der Waals surface area contributed by atoms with Crippen LogP contribution in [0.5, 0.6) is 0 Å². The quantitative estimate of drug-likeness (QED) is 0.480. The number of hydrogen-bond donors (Lipinski definition) is 0. The van der Waals surface area contributed by atoms with Crippen LogP contribution in [0, 0.1) is 23.7 Å². The van der Waals surface area contributed by atoms with E-state index in [4.69, 9.17) is 0 Å². The summed E-state index contributed by atoms with van der Waals surface area (Å²) in [5.41, 5.74) is 0. The Morgan fingerprint density at radius 2 is 1.30 bits per heavy atom. The summed E-state index contributed by atoms with van der Waals surface area (Å²) in [5.74, 6) is 4.80. The van der Waals surface area contributed by atoms with Crippen LogP contribution in [0.3, 0.4) is 0 Å². The maximum absolute atomic E-state index is 1.62.